The summed E-state index contributed by atoms with van der Waals surface area (Å²) in [5.74, 6) is -0.324. The van der Waals surface area contributed by atoms with Gasteiger partial charge in [-0.2, -0.15) is 5.10 Å². The average Bonchev–Trinajstić information content (AvgIpc) is 3.33. The van der Waals surface area contributed by atoms with E-state index in [0.29, 0.717) is 38.5 Å². The molecule has 0 radical (unpaired) electrons. The molecule has 0 saturated carbocycles. The molecule has 2 N–H and O–H groups in total. The highest BCUT2D eigenvalue weighted by atomic mass is 35.5. The van der Waals surface area contributed by atoms with E-state index in [4.69, 9.17) is 33.0 Å². The van der Waals surface area contributed by atoms with Crippen molar-refractivity contribution >= 4 is 45.9 Å². The number of aliphatic carboxylic acids is 1. The number of rotatable bonds is 8. The maximum absolute atomic E-state index is 12.3. The van der Waals surface area contributed by atoms with Gasteiger partial charge in [0.25, 0.3) is 5.91 Å². The highest BCUT2D eigenvalue weighted by Crippen LogP contribution is 2.37. The molecule has 196 valence electrons. The van der Waals surface area contributed by atoms with Crippen molar-refractivity contribution in [2.45, 2.75) is 13.3 Å². The van der Waals surface area contributed by atoms with Crippen LogP contribution in [0.4, 0.5) is 0 Å². The van der Waals surface area contributed by atoms with Gasteiger partial charge in [0.15, 0.2) is 5.75 Å². The van der Waals surface area contributed by atoms with Gasteiger partial charge in [0.2, 0.25) is 0 Å². The lowest BCUT2D eigenvalue weighted by Gasteiger charge is -2.13. The lowest BCUT2D eigenvalue weighted by atomic mass is 10.0. The summed E-state index contributed by atoms with van der Waals surface area (Å²) >= 11 is 12.5. The van der Waals surface area contributed by atoms with E-state index in [9.17, 15) is 9.59 Å². The van der Waals surface area contributed by atoms with E-state index in [0.717, 1.165) is 16.3 Å². The van der Waals surface area contributed by atoms with Crippen molar-refractivity contribution in [2.24, 2.45) is 0 Å². The van der Waals surface area contributed by atoms with Crippen LogP contribution in [0.5, 0.6) is 11.5 Å². The quantitative estimate of drug-likeness (QED) is 0.208. The fourth-order valence-electron chi connectivity index (χ4n) is 4.18. The van der Waals surface area contributed by atoms with Crippen molar-refractivity contribution in [1.29, 1.82) is 0 Å². The lowest BCUT2D eigenvalue weighted by Crippen LogP contribution is -2.25. The summed E-state index contributed by atoms with van der Waals surface area (Å²) in [5, 5.41) is 19.0. The molecule has 0 aliphatic heterocycles. The highest BCUT2D eigenvalue weighted by Gasteiger charge is 2.18. The van der Waals surface area contributed by atoms with Crippen molar-refractivity contribution in [2.75, 3.05) is 6.54 Å². The van der Waals surface area contributed by atoms with Crippen molar-refractivity contribution in [1.82, 2.24) is 15.1 Å². The van der Waals surface area contributed by atoms with E-state index >= 15 is 0 Å². The third kappa shape index (κ3) is 5.90. The van der Waals surface area contributed by atoms with Gasteiger partial charge in [0, 0.05) is 17.7 Å². The number of hydrogen-bond acceptors (Lipinski definition) is 4. The van der Waals surface area contributed by atoms with Gasteiger partial charge < -0.3 is 15.2 Å². The van der Waals surface area contributed by atoms with E-state index < -0.39 is 5.97 Å². The minimum absolute atomic E-state index is 0.0506. The number of halogens is 2. The van der Waals surface area contributed by atoms with Crippen LogP contribution in [-0.2, 0) is 4.79 Å². The standard InChI is InChI=1S/C30H23Cl2N3O4/c1-18-2-3-21-15-22(5-4-20(21)14-18)29-27(17-34-35(29)23-8-11-25(31)26(32)16-23)39-24-9-6-19(7-10-24)30(38)33-13-12-28(36)37/h2-11,14-17H,12-13H2,1H3,(H,33,38)(H,36,37). The Balaban J connectivity index is 1.50. The van der Waals surface area contributed by atoms with Crippen LogP contribution >= 0.6 is 23.2 Å². The molecule has 0 fully saturated rings. The lowest BCUT2D eigenvalue weighted by molar-refractivity contribution is -0.136. The fraction of sp³-hybridized carbons (Fsp3) is 0.100. The first-order chi connectivity index (χ1) is 18.8. The van der Waals surface area contributed by atoms with E-state index in [2.05, 4.69) is 47.7 Å². The monoisotopic (exact) mass is 559 g/mol. The Kier molecular flexibility index (Phi) is 7.54. The van der Waals surface area contributed by atoms with Gasteiger partial charge in [0.1, 0.15) is 11.4 Å². The number of fused-ring (bicyclic) bond motifs is 1. The number of carbonyl (C=O) groups is 2. The summed E-state index contributed by atoms with van der Waals surface area (Å²) in [6.07, 6.45) is 1.48. The Morgan fingerprint density at radius 1 is 0.923 bits per heavy atom. The molecule has 4 aromatic carbocycles. The third-order valence-electron chi connectivity index (χ3n) is 6.12. The van der Waals surface area contributed by atoms with Gasteiger partial charge in [-0.05, 0) is 66.2 Å². The van der Waals surface area contributed by atoms with Crippen LogP contribution in [0.2, 0.25) is 10.0 Å². The Labute approximate surface area is 234 Å². The second kappa shape index (κ2) is 11.2. The number of nitrogens with zero attached hydrogens (tertiary/aromatic N) is 2. The van der Waals surface area contributed by atoms with E-state index in [-0.39, 0.29) is 18.9 Å². The number of carboxylic acid groups (broad SMARTS) is 1. The van der Waals surface area contributed by atoms with E-state index in [1.165, 1.54) is 5.56 Å². The van der Waals surface area contributed by atoms with Crippen molar-refractivity contribution in [3.8, 4) is 28.4 Å². The summed E-state index contributed by atoms with van der Waals surface area (Å²) in [6, 6.07) is 24.3. The topological polar surface area (TPSA) is 93.4 Å². The normalized spacial score (nSPS) is 10.9. The Hall–Kier alpha value is -4.33. The van der Waals surface area contributed by atoms with E-state index in [1.807, 2.05) is 12.1 Å². The summed E-state index contributed by atoms with van der Waals surface area (Å²) in [5.41, 5.74) is 3.89. The molecule has 0 spiro atoms. The number of benzene rings is 4. The van der Waals surface area contributed by atoms with Crippen molar-refractivity contribution in [3.05, 3.63) is 106 Å². The Morgan fingerprint density at radius 2 is 1.67 bits per heavy atom. The van der Waals surface area contributed by atoms with E-state index in [1.54, 1.807) is 47.3 Å². The maximum Gasteiger partial charge on any atom is 0.305 e. The largest absolute Gasteiger partial charge is 0.481 e. The maximum atomic E-state index is 12.3. The molecule has 1 amide bonds. The zero-order valence-electron chi connectivity index (χ0n) is 20.8. The number of ether oxygens (including phenoxy) is 1. The molecule has 7 nitrogen and oxygen atoms in total. The molecule has 1 aromatic heterocycles. The molecule has 39 heavy (non-hydrogen) atoms. The first-order valence-electron chi connectivity index (χ1n) is 12.1. The number of carboxylic acids is 1. The molecule has 1 heterocycles. The average molecular weight is 560 g/mol. The summed E-state index contributed by atoms with van der Waals surface area (Å²) < 4.78 is 7.99. The summed E-state index contributed by atoms with van der Waals surface area (Å²) in [7, 11) is 0. The molecular formula is C30H23Cl2N3O4. The van der Waals surface area contributed by atoms with Crippen LogP contribution in [-0.4, -0.2) is 33.3 Å². The molecule has 0 unspecified atom stereocenters. The van der Waals surface area contributed by atoms with Crippen LogP contribution in [0, 0.1) is 6.92 Å². The van der Waals surface area contributed by atoms with Gasteiger partial charge in [-0.1, -0.05) is 59.1 Å². The SMILES string of the molecule is Cc1ccc2cc(-c3c(Oc4ccc(C(=O)NCCC(=O)O)cc4)cnn3-c3ccc(Cl)c(Cl)c3)ccc2c1. The van der Waals surface area contributed by atoms with Gasteiger partial charge in [-0.3, -0.25) is 9.59 Å². The fourth-order valence-corrected chi connectivity index (χ4v) is 4.48. The number of aromatic nitrogens is 2. The van der Waals surface area contributed by atoms with Gasteiger partial charge in [-0.25, -0.2) is 4.68 Å². The first-order valence-corrected chi connectivity index (χ1v) is 12.9. The molecular weight excluding hydrogens is 537 g/mol. The predicted molar refractivity (Wildman–Crippen MR) is 152 cm³/mol. The smallest absolute Gasteiger partial charge is 0.305 e. The second-order valence-electron chi connectivity index (χ2n) is 8.96. The van der Waals surface area contributed by atoms with Crippen LogP contribution in [0.1, 0.15) is 22.3 Å². The van der Waals surface area contributed by atoms with Gasteiger partial charge >= 0.3 is 5.97 Å². The molecule has 0 aliphatic carbocycles. The van der Waals surface area contributed by atoms with Crippen LogP contribution < -0.4 is 10.1 Å². The molecule has 0 aliphatic rings. The number of nitrogens with one attached hydrogen (secondary N) is 1. The van der Waals surface area contributed by atoms with Gasteiger partial charge in [-0.15, -0.1) is 0 Å². The number of aryl methyl sites for hydroxylation is 1. The molecule has 5 aromatic rings. The zero-order chi connectivity index (χ0) is 27.5. The van der Waals surface area contributed by atoms with Crippen molar-refractivity contribution in [3.63, 3.8) is 0 Å². The second-order valence-corrected chi connectivity index (χ2v) is 9.77. The Morgan fingerprint density at radius 3 is 2.41 bits per heavy atom. The summed E-state index contributed by atoms with van der Waals surface area (Å²) in [6.45, 7) is 2.11. The third-order valence-corrected chi connectivity index (χ3v) is 6.86. The first kappa shape index (κ1) is 26.3. The number of amides is 1. The van der Waals surface area contributed by atoms with Crippen molar-refractivity contribution < 1.29 is 19.4 Å². The Bertz CT molecular complexity index is 1700. The van der Waals surface area contributed by atoms with Gasteiger partial charge in [0.05, 0.1) is 28.4 Å². The van der Waals surface area contributed by atoms with Crippen LogP contribution in [0.15, 0.2) is 85.1 Å². The summed E-state index contributed by atoms with van der Waals surface area (Å²) in [4.78, 5) is 23.0. The minimum Gasteiger partial charge on any atom is -0.481 e. The zero-order valence-corrected chi connectivity index (χ0v) is 22.3. The van der Waals surface area contributed by atoms with Crippen LogP contribution in [0.25, 0.3) is 27.7 Å². The molecule has 0 bridgehead atoms. The molecule has 0 atom stereocenters. The number of hydrogen-bond donors (Lipinski definition) is 2. The number of carbonyl (C=O) groups excluding carboxylic acids is 1. The molecule has 5 rings (SSSR count). The highest BCUT2D eigenvalue weighted by molar-refractivity contribution is 6.42. The predicted octanol–water partition coefficient (Wildman–Crippen LogP) is 7.30. The molecule has 0 saturated heterocycles. The minimum atomic E-state index is -0.974. The van der Waals surface area contributed by atoms with Crippen LogP contribution in [0.3, 0.4) is 0 Å². The molecule has 9 heteroatoms.